The molecule has 0 aliphatic carbocycles. The predicted octanol–water partition coefficient (Wildman–Crippen LogP) is 5.98. The zero-order valence-electron chi connectivity index (χ0n) is 14.9. The topological polar surface area (TPSA) is 43.1 Å². The minimum atomic E-state index is -0.225. The third-order valence-corrected chi connectivity index (χ3v) is 4.97. The third-order valence-electron chi connectivity index (χ3n) is 4.97. The molecular weight excluding hydrogens is 258 g/mol. The fourth-order valence-electron chi connectivity index (χ4n) is 3.21. The fraction of sp³-hybridized carbons (Fsp3) is 0.947. The van der Waals surface area contributed by atoms with Crippen LogP contribution < -0.4 is 5.73 Å². The highest BCUT2D eigenvalue weighted by Crippen LogP contribution is 2.35. The molecule has 0 radical (unpaired) electrons. The van der Waals surface area contributed by atoms with Gasteiger partial charge in [-0.3, -0.25) is 4.79 Å². The number of amides is 1. The molecule has 0 aliphatic heterocycles. The fourth-order valence-corrected chi connectivity index (χ4v) is 3.21. The summed E-state index contributed by atoms with van der Waals surface area (Å²) in [4.78, 5) is 12.0. The maximum absolute atomic E-state index is 12.0. The molecule has 0 aromatic carbocycles. The van der Waals surface area contributed by atoms with Crippen LogP contribution in [0.1, 0.15) is 111 Å². The predicted molar refractivity (Wildman–Crippen MR) is 93.3 cm³/mol. The molecular formula is C19H39NO. The van der Waals surface area contributed by atoms with Gasteiger partial charge in [-0.2, -0.15) is 0 Å². The van der Waals surface area contributed by atoms with Crippen LogP contribution in [0.2, 0.25) is 0 Å². The van der Waals surface area contributed by atoms with Crippen LogP contribution in [0.15, 0.2) is 0 Å². The van der Waals surface area contributed by atoms with E-state index in [0.717, 1.165) is 32.1 Å². The van der Waals surface area contributed by atoms with E-state index in [4.69, 9.17) is 5.73 Å². The first kappa shape index (κ1) is 20.5. The smallest absolute Gasteiger partial charge is 0.223 e. The molecule has 21 heavy (non-hydrogen) atoms. The highest BCUT2D eigenvalue weighted by Gasteiger charge is 2.33. The second-order valence-electron chi connectivity index (χ2n) is 6.68. The number of hydrogen-bond acceptors (Lipinski definition) is 1. The van der Waals surface area contributed by atoms with E-state index in [1.54, 1.807) is 0 Å². The average Bonchev–Trinajstić information content (AvgIpc) is 2.48. The van der Waals surface area contributed by atoms with Crippen LogP contribution in [0.25, 0.3) is 0 Å². The quantitative estimate of drug-likeness (QED) is 0.371. The summed E-state index contributed by atoms with van der Waals surface area (Å²) in [6, 6.07) is 0. The van der Waals surface area contributed by atoms with Gasteiger partial charge in [0, 0.05) is 5.41 Å². The molecule has 0 bridgehead atoms. The van der Waals surface area contributed by atoms with Gasteiger partial charge in [0.15, 0.2) is 0 Å². The molecule has 1 atom stereocenters. The molecule has 0 heterocycles. The van der Waals surface area contributed by atoms with Crippen molar-refractivity contribution in [3.05, 3.63) is 0 Å². The Labute approximate surface area is 133 Å². The summed E-state index contributed by atoms with van der Waals surface area (Å²) in [5, 5.41) is 0. The second-order valence-corrected chi connectivity index (χ2v) is 6.68. The molecule has 126 valence electrons. The molecule has 0 spiro atoms. The highest BCUT2D eigenvalue weighted by atomic mass is 16.1. The van der Waals surface area contributed by atoms with Crippen molar-refractivity contribution in [3.8, 4) is 0 Å². The van der Waals surface area contributed by atoms with Crippen molar-refractivity contribution in [3.63, 3.8) is 0 Å². The summed E-state index contributed by atoms with van der Waals surface area (Å²) in [6.45, 7) is 6.61. The van der Waals surface area contributed by atoms with E-state index in [9.17, 15) is 4.79 Å². The number of carbonyl (C=O) groups excluding carboxylic acids is 1. The van der Waals surface area contributed by atoms with E-state index in [1.807, 2.05) is 0 Å². The van der Waals surface area contributed by atoms with Crippen molar-refractivity contribution in [2.45, 2.75) is 111 Å². The van der Waals surface area contributed by atoms with Gasteiger partial charge in [-0.05, 0) is 19.3 Å². The van der Waals surface area contributed by atoms with Gasteiger partial charge in [0.05, 0.1) is 0 Å². The van der Waals surface area contributed by atoms with Gasteiger partial charge in [0.2, 0.25) is 5.91 Å². The standard InChI is InChI=1S/C19H39NO/c1-4-7-9-11-13-15-17-19(6-3,18(20)21)16-14-12-10-8-5-2/h4-17H2,1-3H3,(H2,20,21). The highest BCUT2D eigenvalue weighted by molar-refractivity contribution is 5.80. The molecule has 0 saturated carbocycles. The molecule has 2 nitrogen and oxygen atoms in total. The molecule has 0 aromatic heterocycles. The lowest BCUT2D eigenvalue weighted by molar-refractivity contribution is -0.129. The van der Waals surface area contributed by atoms with Crippen LogP contribution in [0.4, 0.5) is 0 Å². The van der Waals surface area contributed by atoms with Crippen molar-refractivity contribution in [2.75, 3.05) is 0 Å². The van der Waals surface area contributed by atoms with E-state index >= 15 is 0 Å². The summed E-state index contributed by atoms with van der Waals surface area (Å²) >= 11 is 0. The Bertz CT molecular complexity index is 252. The Balaban J connectivity index is 4.07. The molecule has 0 aromatic rings. The molecule has 0 rings (SSSR count). The first-order chi connectivity index (χ1) is 10.1. The summed E-state index contributed by atoms with van der Waals surface area (Å²) in [5.41, 5.74) is 5.52. The van der Waals surface area contributed by atoms with Crippen molar-refractivity contribution >= 4 is 5.91 Å². The van der Waals surface area contributed by atoms with Crippen LogP contribution in [-0.2, 0) is 4.79 Å². The number of hydrogen-bond donors (Lipinski definition) is 1. The lowest BCUT2D eigenvalue weighted by atomic mass is 9.75. The normalized spacial score (nSPS) is 14.0. The van der Waals surface area contributed by atoms with Gasteiger partial charge in [-0.1, -0.05) is 91.4 Å². The van der Waals surface area contributed by atoms with Crippen molar-refractivity contribution in [2.24, 2.45) is 11.1 Å². The van der Waals surface area contributed by atoms with E-state index in [2.05, 4.69) is 20.8 Å². The Hall–Kier alpha value is -0.530. The van der Waals surface area contributed by atoms with Gasteiger partial charge >= 0.3 is 0 Å². The minimum Gasteiger partial charge on any atom is -0.369 e. The molecule has 2 N–H and O–H groups in total. The maximum atomic E-state index is 12.0. The van der Waals surface area contributed by atoms with Crippen LogP contribution in [0.5, 0.6) is 0 Å². The Morgan fingerprint density at radius 2 is 1.10 bits per heavy atom. The summed E-state index contributed by atoms with van der Waals surface area (Å²) in [5.74, 6) is -0.0611. The Morgan fingerprint density at radius 3 is 1.43 bits per heavy atom. The van der Waals surface area contributed by atoms with Crippen LogP contribution in [0.3, 0.4) is 0 Å². The summed E-state index contributed by atoms with van der Waals surface area (Å²) in [6.07, 6.45) is 16.9. The van der Waals surface area contributed by atoms with Crippen molar-refractivity contribution in [1.29, 1.82) is 0 Å². The number of rotatable bonds is 15. The Kier molecular flexibility index (Phi) is 12.8. The largest absolute Gasteiger partial charge is 0.369 e. The molecule has 0 saturated heterocycles. The molecule has 1 unspecified atom stereocenters. The van der Waals surface area contributed by atoms with E-state index in [-0.39, 0.29) is 11.3 Å². The van der Waals surface area contributed by atoms with Gasteiger partial charge in [-0.15, -0.1) is 0 Å². The lowest BCUT2D eigenvalue weighted by Gasteiger charge is -2.29. The van der Waals surface area contributed by atoms with Crippen molar-refractivity contribution in [1.82, 2.24) is 0 Å². The zero-order chi connectivity index (χ0) is 16.0. The molecule has 2 heteroatoms. The second kappa shape index (κ2) is 13.2. The van der Waals surface area contributed by atoms with E-state index in [0.29, 0.717) is 0 Å². The summed E-state index contributed by atoms with van der Waals surface area (Å²) < 4.78 is 0. The number of primary amides is 1. The van der Waals surface area contributed by atoms with Crippen LogP contribution in [0, 0.1) is 5.41 Å². The average molecular weight is 298 g/mol. The van der Waals surface area contributed by atoms with Crippen LogP contribution in [-0.4, -0.2) is 5.91 Å². The lowest BCUT2D eigenvalue weighted by Crippen LogP contribution is -2.36. The minimum absolute atomic E-state index is 0.0611. The molecule has 0 aliphatic rings. The van der Waals surface area contributed by atoms with Crippen LogP contribution >= 0.6 is 0 Å². The van der Waals surface area contributed by atoms with Gasteiger partial charge in [-0.25, -0.2) is 0 Å². The van der Waals surface area contributed by atoms with Crippen molar-refractivity contribution < 1.29 is 4.79 Å². The monoisotopic (exact) mass is 297 g/mol. The van der Waals surface area contributed by atoms with Gasteiger partial charge in [0.1, 0.15) is 0 Å². The first-order valence-corrected chi connectivity index (χ1v) is 9.42. The number of unbranched alkanes of at least 4 members (excludes halogenated alkanes) is 9. The van der Waals surface area contributed by atoms with Gasteiger partial charge < -0.3 is 5.73 Å². The van der Waals surface area contributed by atoms with E-state index < -0.39 is 0 Å². The molecule has 0 fully saturated rings. The molecule has 1 amide bonds. The Morgan fingerprint density at radius 1 is 0.714 bits per heavy atom. The number of nitrogens with two attached hydrogens (primary N) is 1. The summed E-state index contributed by atoms with van der Waals surface area (Å²) in [7, 11) is 0. The first-order valence-electron chi connectivity index (χ1n) is 9.42. The zero-order valence-corrected chi connectivity index (χ0v) is 14.9. The third kappa shape index (κ3) is 9.16. The van der Waals surface area contributed by atoms with Gasteiger partial charge in [0.25, 0.3) is 0 Å². The SMILES string of the molecule is CCCCCCCCC(CC)(CCCCCCC)C(N)=O. The number of carbonyl (C=O) groups is 1. The maximum Gasteiger partial charge on any atom is 0.223 e. The van der Waals surface area contributed by atoms with E-state index in [1.165, 1.54) is 57.8 Å².